The summed E-state index contributed by atoms with van der Waals surface area (Å²) in [6.07, 6.45) is 1.75. The van der Waals surface area contributed by atoms with Crippen molar-refractivity contribution in [1.29, 1.82) is 0 Å². The Bertz CT molecular complexity index is 536. The minimum Gasteiger partial charge on any atom is -0.488 e. The van der Waals surface area contributed by atoms with Crippen LogP contribution in [0.1, 0.15) is 35.8 Å². The normalized spacial score (nSPS) is 10.9. The Kier molecular flexibility index (Phi) is 4.25. The monoisotopic (exact) mass is 281 g/mol. The van der Waals surface area contributed by atoms with Gasteiger partial charge in [0.05, 0.1) is 4.88 Å². The zero-order valence-electron chi connectivity index (χ0n) is 10.7. The molecular weight excluding hydrogens is 266 g/mol. The van der Waals surface area contributed by atoms with E-state index in [-0.39, 0.29) is 0 Å². The second-order valence-electron chi connectivity index (χ2n) is 4.54. The number of nitrogens with zero attached hydrogens (tertiary/aromatic N) is 1. The van der Waals surface area contributed by atoms with Gasteiger partial charge in [-0.05, 0) is 36.1 Å². The number of hydrogen-bond donors (Lipinski definition) is 0. The molecule has 2 rings (SSSR count). The number of benzene rings is 1. The molecule has 1 heterocycles. The Balaban J connectivity index is 2.04. The number of halogens is 1. The Morgan fingerprint density at radius 2 is 2.17 bits per heavy atom. The van der Waals surface area contributed by atoms with E-state index in [1.165, 1.54) is 22.5 Å². The molecule has 0 radical (unpaired) electrons. The van der Waals surface area contributed by atoms with Crippen LogP contribution in [0.15, 0.2) is 24.4 Å². The van der Waals surface area contributed by atoms with E-state index in [1.807, 2.05) is 6.07 Å². The van der Waals surface area contributed by atoms with Crippen molar-refractivity contribution >= 4 is 22.9 Å². The summed E-state index contributed by atoms with van der Waals surface area (Å²) >= 11 is 7.22. The first kappa shape index (κ1) is 13.4. The number of aromatic nitrogens is 1. The summed E-state index contributed by atoms with van der Waals surface area (Å²) in [5.41, 5.74) is 2.63. The molecular formula is C14H16ClNOS. The van der Waals surface area contributed by atoms with Gasteiger partial charge in [-0.25, -0.2) is 4.98 Å². The Hall–Kier alpha value is -1.06. The van der Waals surface area contributed by atoms with Crippen molar-refractivity contribution in [2.24, 2.45) is 0 Å². The molecule has 1 aromatic heterocycles. The fraction of sp³-hybridized carbons (Fsp3) is 0.357. The van der Waals surface area contributed by atoms with Gasteiger partial charge in [-0.3, -0.25) is 0 Å². The summed E-state index contributed by atoms with van der Waals surface area (Å²) in [5, 5.41) is 0. The first-order chi connectivity index (χ1) is 8.56. The van der Waals surface area contributed by atoms with Crippen LogP contribution in [0.5, 0.6) is 5.75 Å². The first-order valence-electron chi connectivity index (χ1n) is 5.90. The van der Waals surface area contributed by atoms with Gasteiger partial charge in [-0.15, -0.1) is 11.3 Å². The molecule has 0 saturated carbocycles. The first-order valence-corrected chi connectivity index (χ1v) is 7.09. The van der Waals surface area contributed by atoms with Crippen LogP contribution in [0, 0.1) is 6.92 Å². The minimum absolute atomic E-state index is 0.519. The fourth-order valence-corrected chi connectivity index (χ4v) is 2.78. The quantitative estimate of drug-likeness (QED) is 0.802. The Labute approximate surface area is 117 Å². The van der Waals surface area contributed by atoms with Crippen LogP contribution in [0.3, 0.4) is 0 Å². The largest absolute Gasteiger partial charge is 0.488 e. The highest BCUT2D eigenvalue weighted by Crippen LogP contribution is 2.25. The number of thiazole rings is 1. The van der Waals surface area contributed by atoms with E-state index < -0.39 is 0 Å². The minimum atomic E-state index is 0.519. The van der Waals surface area contributed by atoms with Gasteiger partial charge >= 0.3 is 0 Å². The molecule has 0 aliphatic heterocycles. The molecule has 0 bridgehead atoms. The predicted molar refractivity (Wildman–Crippen MR) is 76.7 cm³/mol. The van der Waals surface area contributed by atoms with Gasteiger partial charge in [0.25, 0.3) is 0 Å². The molecule has 2 aromatic rings. The average molecular weight is 282 g/mol. The lowest BCUT2D eigenvalue weighted by Gasteiger charge is -2.12. The molecule has 2 nitrogen and oxygen atoms in total. The van der Waals surface area contributed by atoms with E-state index in [2.05, 4.69) is 37.9 Å². The summed E-state index contributed by atoms with van der Waals surface area (Å²) in [5.74, 6) is 1.43. The second kappa shape index (κ2) is 5.72. The molecule has 0 aliphatic rings. The molecule has 0 fully saturated rings. The van der Waals surface area contributed by atoms with E-state index in [1.54, 1.807) is 6.20 Å². The second-order valence-corrected chi connectivity index (χ2v) is 6.24. The maximum Gasteiger partial charge on any atom is 0.183 e. The van der Waals surface area contributed by atoms with Crippen LogP contribution < -0.4 is 4.74 Å². The standard InChI is InChI=1S/C14H16ClNOS/c1-9(2)13-5-4-11(6-10(13)3)17-8-12-7-16-14(15)18-12/h4-7,9H,8H2,1-3H3. The van der Waals surface area contributed by atoms with Gasteiger partial charge in [0, 0.05) is 6.20 Å². The van der Waals surface area contributed by atoms with E-state index in [0.717, 1.165) is 10.6 Å². The molecule has 0 saturated heterocycles. The lowest BCUT2D eigenvalue weighted by Crippen LogP contribution is -1.96. The molecule has 18 heavy (non-hydrogen) atoms. The summed E-state index contributed by atoms with van der Waals surface area (Å²) in [4.78, 5) is 5.02. The highest BCUT2D eigenvalue weighted by atomic mass is 35.5. The summed E-state index contributed by atoms with van der Waals surface area (Å²) in [6.45, 7) is 7.03. The van der Waals surface area contributed by atoms with Crippen molar-refractivity contribution in [3.63, 3.8) is 0 Å². The molecule has 0 amide bonds. The molecule has 96 valence electrons. The number of aryl methyl sites for hydroxylation is 1. The van der Waals surface area contributed by atoms with Crippen molar-refractivity contribution in [1.82, 2.24) is 4.98 Å². The maximum absolute atomic E-state index is 5.77. The number of hydrogen-bond acceptors (Lipinski definition) is 3. The van der Waals surface area contributed by atoms with Crippen molar-refractivity contribution in [2.45, 2.75) is 33.3 Å². The van der Waals surface area contributed by atoms with E-state index >= 15 is 0 Å². The van der Waals surface area contributed by atoms with Gasteiger partial charge in [-0.2, -0.15) is 0 Å². The van der Waals surface area contributed by atoms with Crippen LogP contribution in [-0.4, -0.2) is 4.98 Å². The summed E-state index contributed by atoms with van der Waals surface area (Å²) in [6, 6.07) is 6.23. The molecule has 0 unspecified atom stereocenters. The van der Waals surface area contributed by atoms with Crippen molar-refractivity contribution in [3.05, 3.63) is 44.9 Å². The van der Waals surface area contributed by atoms with Gasteiger partial charge in [0.2, 0.25) is 0 Å². The van der Waals surface area contributed by atoms with Crippen molar-refractivity contribution in [3.8, 4) is 5.75 Å². The van der Waals surface area contributed by atoms with E-state index in [9.17, 15) is 0 Å². The highest BCUT2D eigenvalue weighted by Gasteiger charge is 2.05. The highest BCUT2D eigenvalue weighted by molar-refractivity contribution is 7.15. The molecule has 0 spiro atoms. The van der Waals surface area contributed by atoms with Crippen molar-refractivity contribution < 1.29 is 4.74 Å². The molecule has 0 aliphatic carbocycles. The SMILES string of the molecule is Cc1cc(OCc2cnc(Cl)s2)ccc1C(C)C. The number of ether oxygens (including phenoxy) is 1. The third-order valence-corrected chi connectivity index (χ3v) is 3.86. The van der Waals surface area contributed by atoms with E-state index in [0.29, 0.717) is 17.0 Å². The van der Waals surface area contributed by atoms with Gasteiger partial charge in [0.15, 0.2) is 4.47 Å². The number of rotatable bonds is 4. The Morgan fingerprint density at radius 3 is 2.72 bits per heavy atom. The molecule has 1 aromatic carbocycles. The van der Waals surface area contributed by atoms with Gasteiger partial charge in [0.1, 0.15) is 12.4 Å². The van der Waals surface area contributed by atoms with Crippen LogP contribution >= 0.6 is 22.9 Å². The lowest BCUT2D eigenvalue weighted by molar-refractivity contribution is 0.309. The van der Waals surface area contributed by atoms with Gasteiger partial charge < -0.3 is 4.74 Å². The summed E-state index contributed by atoms with van der Waals surface area (Å²) in [7, 11) is 0. The molecule has 4 heteroatoms. The van der Waals surface area contributed by atoms with Crippen LogP contribution in [-0.2, 0) is 6.61 Å². The van der Waals surface area contributed by atoms with Crippen LogP contribution in [0.4, 0.5) is 0 Å². The predicted octanol–water partition coefficient (Wildman–Crippen LogP) is 4.81. The zero-order chi connectivity index (χ0) is 13.1. The molecule has 0 atom stereocenters. The summed E-state index contributed by atoms with van der Waals surface area (Å²) < 4.78 is 6.29. The average Bonchev–Trinajstić information content (AvgIpc) is 2.72. The third kappa shape index (κ3) is 3.24. The lowest BCUT2D eigenvalue weighted by atomic mass is 9.98. The van der Waals surface area contributed by atoms with Crippen LogP contribution in [0.2, 0.25) is 4.47 Å². The van der Waals surface area contributed by atoms with Crippen LogP contribution in [0.25, 0.3) is 0 Å². The molecule has 0 N–H and O–H groups in total. The van der Waals surface area contributed by atoms with E-state index in [4.69, 9.17) is 16.3 Å². The smallest absolute Gasteiger partial charge is 0.183 e. The Morgan fingerprint density at radius 1 is 1.39 bits per heavy atom. The maximum atomic E-state index is 5.77. The topological polar surface area (TPSA) is 22.1 Å². The zero-order valence-corrected chi connectivity index (χ0v) is 12.3. The van der Waals surface area contributed by atoms with Crippen molar-refractivity contribution in [2.75, 3.05) is 0 Å². The third-order valence-electron chi connectivity index (χ3n) is 2.77. The fourth-order valence-electron chi connectivity index (χ4n) is 1.89. The van der Waals surface area contributed by atoms with Gasteiger partial charge in [-0.1, -0.05) is 31.5 Å².